The number of urea groups is 1. The van der Waals surface area contributed by atoms with E-state index in [2.05, 4.69) is 15.5 Å². The molecule has 1 aliphatic heterocycles. The van der Waals surface area contributed by atoms with Gasteiger partial charge in [-0.2, -0.15) is 0 Å². The van der Waals surface area contributed by atoms with Crippen LogP contribution in [0.5, 0.6) is 0 Å². The van der Waals surface area contributed by atoms with Gasteiger partial charge in [-0.15, -0.1) is 10.2 Å². The zero-order chi connectivity index (χ0) is 20.8. The van der Waals surface area contributed by atoms with E-state index >= 15 is 0 Å². The van der Waals surface area contributed by atoms with Crippen LogP contribution in [0.1, 0.15) is 30.8 Å². The summed E-state index contributed by atoms with van der Waals surface area (Å²) < 4.78 is 16.6. The molecule has 0 atom stereocenters. The quantitative estimate of drug-likeness (QED) is 0.724. The second kappa shape index (κ2) is 6.80. The van der Waals surface area contributed by atoms with Gasteiger partial charge in [0.15, 0.2) is 5.82 Å². The van der Waals surface area contributed by atoms with Crippen molar-refractivity contribution in [2.45, 2.75) is 19.4 Å². The number of amides is 2. The van der Waals surface area contributed by atoms with Crippen LogP contribution in [0.3, 0.4) is 0 Å². The number of nitrogens with zero attached hydrogens (tertiary/aromatic N) is 5. The molecule has 1 aromatic heterocycles. The van der Waals surface area contributed by atoms with Gasteiger partial charge < -0.3 is 10.2 Å². The highest BCUT2D eigenvalue weighted by molar-refractivity contribution is 6.16. The maximum Gasteiger partial charge on any atom is 0.321 e. The molecule has 0 spiro atoms. The number of rotatable bonds is 2. The third-order valence-corrected chi connectivity index (χ3v) is 4.78. The lowest BCUT2D eigenvalue weighted by Crippen LogP contribution is -2.27. The fourth-order valence-electron chi connectivity index (χ4n) is 3.33. The summed E-state index contributed by atoms with van der Waals surface area (Å²) in [7, 11) is 3.33. The van der Waals surface area contributed by atoms with E-state index in [0.29, 0.717) is 28.4 Å². The Balaban J connectivity index is 1.97. The highest BCUT2D eigenvalue weighted by atomic mass is 19.1. The molecule has 3 aromatic rings. The Bertz CT molecular complexity index is 1130. The fraction of sp³-hybridized carbons (Fsp3) is 0.238. The van der Waals surface area contributed by atoms with Crippen molar-refractivity contribution in [2.75, 3.05) is 19.4 Å². The van der Waals surface area contributed by atoms with E-state index in [1.54, 1.807) is 50.8 Å². The van der Waals surface area contributed by atoms with Crippen LogP contribution in [0.25, 0.3) is 5.69 Å². The van der Waals surface area contributed by atoms with Crippen molar-refractivity contribution in [3.63, 3.8) is 0 Å². The standard InChI is InChI=1S/C21H21FN6O/c1-21(2)19-26-23-12-28(19)17-10-9-13(24-20(29)27(3)4)11-15(17)18(25-21)14-7-5-6-8-16(14)22/h5-12H,1-4H3,(H,24,29). The third kappa shape index (κ3) is 3.26. The smallest absolute Gasteiger partial charge is 0.321 e. The Kier molecular flexibility index (Phi) is 4.41. The van der Waals surface area contributed by atoms with Crippen molar-refractivity contribution >= 4 is 17.4 Å². The molecule has 0 aliphatic carbocycles. The topological polar surface area (TPSA) is 75.4 Å². The van der Waals surface area contributed by atoms with E-state index in [1.165, 1.54) is 11.0 Å². The van der Waals surface area contributed by atoms with Crippen molar-refractivity contribution in [3.05, 3.63) is 71.6 Å². The summed E-state index contributed by atoms with van der Waals surface area (Å²) in [6.45, 7) is 3.82. The van der Waals surface area contributed by atoms with Gasteiger partial charge in [-0.05, 0) is 44.2 Å². The normalized spacial score (nSPS) is 14.3. The van der Waals surface area contributed by atoms with Crippen LogP contribution >= 0.6 is 0 Å². The zero-order valence-corrected chi connectivity index (χ0v) is 16.6. The Labute approximate surface area is 167 Å². The molecule has 2 amide bonds. The Morgan fingerprint density at radius 1 is 1.14 bits per heavy atom. The number of aromatic nitrogens is 3. The van der Waals surface area contributed by atoms with Crippen LogP contribution < -0.4 is 5.32 Å². The molecule has 7 nitrogen and oxygen atoms in total. The van der Waals surface area contributed by atoms with Crippen molar-refractivity contribution < 1.29 is 9.18 Å². The van der Waals surface area contributed by atoms with Crippen molar-refractivity contribution in [1.29, 1.82) is 0 Å². The molecular weight excluding hydrogens is 371 g/mol. The molecule has 0 radical (unpaired) electrons. The second-order valence-electron chi connectivity index (χ2n) is 7.58. The average molecular weight is 392 g/mol. The largest absolute Gasteiger partial charge is 0.331 e. The van der Waals surface area contributed by atoms with Crippen LogP contribution in [0.15, 0.2) is 53.8 Å². The summed E-state index contributed by atoms with van der Waals surface area (Å²) in [6, 6.07) is 11.7. The molecule has 0 saturated carbocycles. The summed E-state index contributed by atoms with van der Waals surface area (Å²) >= 11 is 0. The molecule has 4 rings (SSSR count). The molecule has 2 heterocycles. The minimum absolute atomic E-state index is 0.256. The van der Waals surface area contributed by atoms with Gasteiger partial charge >= 0.3 is 6.03 Å². The summed E-state index contributed by atoms with van der Waals surface area (Å²) in [4.78, 5) is 18.4. The molecule has 0 unspecified atom stereocenters. The number of benzene rings is 2. The van der Waals surface area contributed by atoms with Gasteiger partial charge in [0.1, 0.15) is 17.7 Å². The van der Waals surface area contributed by atoms with Crippen LogP contribution in [-0.2, 0) is 5.54 Å². The number of halogens is 1. The summed E-state index contributed by atoms with van der Waals surface area (Å²) in [5, 5.41) is 11.1. The van der Waals surface area contributed by atoms with Gasteiger partial charge in [0.05, 0.1) is 11.4 Å². The fourth-order valence-corrected chi connectivity index (χ4v) is 3.33. The Morgan fingerprint density at radius 2 is 1.90 bits per heavy atom. The van der Waals surface area contributed by atoms with Gasteiger partial charge in [0.2, 0.25) is 0 Å². The number of carbonyl (C=O) groups is 1. The monoisotopic (exact) mass is 392 g/mol. The number of hydrogen-bond acceptors (Lipinski definition) is 4. The SMILES string of the molecule is CN(C)C(=O)Nc1ccc2c(c1)C(c1ccccc1F)=NC(C)(C)c1nncn1-2. The first kappa shape index (κ1) is 18.8. The zero-order valence-electron chi connectivity index (χ0n) is 16.6. The maximum atomic E-state index is 14.7. The van der Waals surface area contributed by atoms with Crippen LogP contribution in [0.2, 0.25) is 0 Å². The van der Waals surface area contributed by atoms with Crippen molar-refractivity contribution in [3.8, 4) is 5.69 Å². The van der Waals surface area contributed by atoms with Gasteiger partial charge in [-0.1, -0.05) is 12.1 Å². The molecule has 2 aromatic carbocycles. The van der Waals surface area contributed by atoms with Crippen LogP contribution in [-0.4, -0.2) is 45.5 Å². The van der Waals surface area contributed by atoms with Gasteiger partial charge in [-0.25, -0.2) is 9.18 Å². The average Bonchev–Trinajstić information content (AvgIpc) is 3.14. The van der Waals surface area contributed by atoms with E-state index in [1.807, 2.05) is 24.5 Å². The van der Waals surface area contributed by atoms with Crippen molar-refractivity contribution in [2.24, 2.45) is 4.99 Å². The van der Waals surface area contributed by atoms with Crippen molar-refractivity contribution in [1.82, 2.24) is 19.7 Å². The van der Waals surface area contributed by atoms with E-state index in [9.17, 15) is 9.18 Å². The summed E-state index contributed by atoms with van der Waals surface area (Å²) in [5.74, 6) is 0.281. The van der Waals surface area contributed by atoms with Gasteiger partial charge in [0, 0.05) is 30.9 Å². The number of fused-ring (bicyclic) bond motifs is 3. The minimum atomic E-state index is -0.736. The molecule has 29 heavy (non-hydrogen) atoms. The maximum absolute atomic E-state index is 14.7. The van der Waals surface area contributed by atoms with E-state index in [0.717, 1.165) is 5.69 Å². The molecule has 1 N–H and O–H groups in total. The molecule has 8 heteroatoms. The van der Waals surface area contributed by atoms with Crippen LogP contribution in [0.4, 0.5) is 14.9 Å². The number of carbonyl (C=O) groups excluding carboxylic acids is 1. The van der Waals surface area contributed by atoms with E-state index < -0.39 is 5.54 Å². The predicted octanol–water partition coefficient (Wildman–Crippen LogP) is 3.59. The third-order valence-electron chi connectivity index (χ3n) is 4.78. The first-order valence-corrected chi connectivity index (χ1v) is 9.16. The lowest BCUT2D eigenvalue weighted by atomic mass is 9.98. The highest BCUT2D eigenvalue weighted by Crippen LogP contribution is 2.34. The molecule has 1 aliphatic rings. The van der Waals surface area contributed by atoms with Crippen LogP contribution in [0, 0.1) is 5.82 Å². The lowest BCUT2D eigenvalue weighted by Gasteiger charge is -2.18. The van der Waals surface area contributed by atoms with Gasteiger partial charge in [0.25, 0.3) is 0 Å². The molecule has 0 bridgehead atoms. The summed E-state index contributed by atoms with van der Waals surface area (Å²) in [6.07, 6.45) is 1.62. The highest BCUT2D eigenvalue weighted by Gasteiger charge is 2.33. The number of nitrogens with one attached hydrogen (secondary N) is 1. The first-order chi connectivity index (χ1) is 13.8. The number of anilines is 1. The predicted molar refractivity (Wildman–Crippen MR) is 109 cm³/mol. The second-order valence-corrected chi connectivity index (χ2v) is 7.58. The summed E-state index contributed by atoms with van der Waals surface area (Å²) in [5.41, 5.74) is 2.17. The molecule has 0 fully saturated rings. The Morgan fingerprint density at radius 3 is 2.62 bits per heavy atom. The van der Waals surface area contributed by atoms with Gasteiger partial charge in [-0.3, -0.25) is 9.56 Å². The number of aliphatic imine (C=N–C) groups is 1. The van der Waals surface area contributed by atoms with E-state index in [4.69, 9.17) is 4.99 Å². The Hall–Kier alpha value is -3.55. The molecular formula is C21H21FN6O. The first-order valence-electron chi connectivity index (χ1n) is 9.16. The number of hydrogen-bond donors (Lipinski definition) is 1. The lowest BCUT2D eigenvalue weighted by molar-refractivity contribution is 0.230. The van der Waals surface area contributed by atoms with E-state index in [-0.39, 0.29) is 11.8 Å². The molecule has 148 valence electrons. The molecule has 0 saturated heterocycles. The minimum Gasteiger partial charge on any atom is -0.331 e.